The van der Waals surface area contributed by atoms with Crippen molar-refractivity contribution in [2.75, 3.05) is 0 Å². The van der Waals surface area contributed by atoms with Gasteiger partial charge in [-0.15, -0.1) is 5.10 Å². The topological polar surface area (TPSA) is 48.5 Å². The van der Waals surface area contributed by atoms with E-state index in [4.69, 9.17) is 0 Å². The Morgan fingerprint density at radius 1 is 1.25 bits per heavy atom. The van der Waals surface area contributed by atoms with Gasteiger partial charge < -0.3 is 0 Å². The molecular weight excluding hydrogens is 318 g/mol. The van der Waals surface area contributed by atoms with Crippen molar-refractivity contribution in [1.29, 1.82) is 0 Å². The molecule has 1 aromatic carbocycles. The first kappa shape index (κ1) is 13.1. The van der Waals surface area contributed by atoms with Gasteiger partial charge >= 0.3 is 0 Å². The molecule has 0 amide bonds. The Morgan fingerprint density at radius 3 is 2.65 bits per heavy atom. The molecular formula is C14H14BrN5. The quantitative estimate of drug-likeness (QED) is 0.690. The summed E-state index contributed by atoms with van der Waals surface area (Å²) in [6, 6.07) is 10.2. The number of rotatable bonds is 4. The molecule has 102 valence electrons. The van der Waals surface area contributed by atoms with Crippen LogP contribution >= 0.6 is 15.9 Å². The van der Waals surface area contributed by atoms with Crippen molar-refractivity contribution >= 4 is 15.9 Å². The van der Waals surface area contributed by atoms with E-state index in [9.17, 15) is 0 Å². The van der Waals surface area contributed by atoms with Gasteiger partial charge in [0.15, 0.2) is 0 Å². The van der Waals surface area contributed by atoms with Crippen molar-refractivity contribution < 1.29 is 0 Å². The fourth-order valence-electron chi connectivity index (χ4n) is 1.94. The molecule has 20 heavy (non-hydrogen) atoms. The van der Waals surface area contributed by atoms with Crippen LogP contribution in [0.1, 0.15) is 23.0 Å². The molecule has 5 nitrogen and oxygen atoms in total. The Morgan fingerprint density at radius 2 is 2.05 bits per heavy atom. The molecule has 2 aromatic heterocycles. The summed E-state index contributed by atoms with van der Waals surface area (Å²) in [6.45, 7) is 2.75. The standard InChI is InChI=1S/C14H14BrN5/c1-11(15)14-10-19(18-17-14)9-12-3-5-13(6-4-12)20-8-2-7-16-20/h2-8,10-11H,9H2,1H3. The Labute approximate surface area is 125 Å². The summed E-state index contributed by atoms with van der Waals surface area (Å²) < 4.78 is 3.68. The lowest BCUT2D eigenvalue weighted by Gasteiger charge is -2.04. The SMILES string of the molecule is CC(Br)c1cn(Cc2ccc(-n3cccn3)cc2)nn1. The second-order valence-corrected chi connectivity index (χ2v) is 5.95. The fourth-order valence-corrected chi connectivity index (χ4v) is 2.15. The van der Waals surface area contributed by atoms with Gasteiger partial charge in [-0.05, 0) is 30.7 Å². The molecule has 6 heteroatoms. The van der Waals surface area contributed by atoms with Crippen molar-refractivity contribution in [3.8, 4) is 5.69 Å². The van der Waals surface area contributed by atoms with Gasteiger partial charge in [0.25, 0.3) is 0 Å². The maximum absolute atomic E-state index is 4.21. The van der Waals surface area contributed by atoms with Crippen molar-refractivity contribution in [2.24, 2.45) is 0 Å². The molecule has 0 N–H and O–H groups in total. The lowest BCUT2D eigenvalue weighted by molar-refractivity contribution is 0.649. The Bertz CT molecular complexity index is 670. The lowest BCUT2D eigenvalue weighted by atomic mass is 10.2. The number of nitrogens with zero attached hydrogens (tertiary/aromatic N) is 5. The van der Waals surface area contributed by atoms with E-state index in [0.29, 0.717) is 6.54 Å². The molecule has 0 saturated heterocycles. The second-order valence-electron chi connectivity index (χ2n) is 4.57. The van der Waals surface area contributed by atoms with Gasteiger partial charge in [0, 0.05) is 18.6 Å². The predicted molar refractivity (Wildman–Crippen MR) is 80.0 cm³/mol. The highest BCUT2D eigenvalue weighted by Gasteiger charge is 2.06. The predicted octanol–water partition coefficient (Wildman–Crippen LogP) is 2.97. The molecule has 0 spiro atoms. The molecule has 1 unspecified atom stereocenters. The van der Waals surface area contributed by atoms with Crippen molar-refractivity contribution in [1.82, 2.24) is 24.8 Å². The zero-order valence-corrected chi connectivity index (χ0v) is 12.6. The first-order valence-corrected chi connectivity index (χ1v) is 7.27. The molecule has 3 rings (SSSR count). The zero-order chi connectivity index (χ0) is 13.9. The Kier molecular flexibility index (Phi) is 3.64. The highest BCUT2D eigenvalue weighted by Crippen LogP contribution is 2.18. The van der Waals surface area contributed by atoms with Gasteiger partial charge in [-0.3, -0.25) is 0 Å². The van der Waals surface area contributed by atoms with Crippen molar-refractivity contribution in [3.63, 3.8) is 0 Å². The fraction of sp³-hybridized carbons (Fsp3) is 0.214. The van der Waals surface area contributed by atoms with Gasteiger partial charge in [-0.2, -0.15) is 5.10 Å². The van der Waals surface area contributed by atoms with Crippen LogP contribution in [0.3, 0.4) is 0 Å². The summed E-state index contributed by atoms with van der Waals surface area (Å²) in [6.07, 6.45) is 5.66. The summed E-state index contributed by atoms with van der Waals surface area (Å²) >= 11 is 3.49. The lowest BCUT2D eigenvalue weighted by Crippen LogP contribution is -2.01. The first-order chi connectivity index (χ1) is 9.72. The van der Waals surface area contributed by atoms with Crippen LogP contribution in [0, 0.1) is 0 Å². The minimum atomic E-state index is 0.221. The smallest absolute Gasteiger partial charge is 0.0960 e. The minimum absolute atomic E-state index is 0.221. The summed E-state index contributed by atoms with van der Waals surface area (Å²) in [5, 5.41) is 12.5. The first-order valence-electron chi connectivity index (χ1n) is 6.35. The summed E-state index contributed by atoms with van der Waals surface area (Å²) in [5.41, 5.74) is 3.17. The van der Waals surface area contributed by atoms with E-state index in [0.717, 1.165) is 11.4 Å². The van der Waals surface area contributed by atoms with Crippen LogP contribution in [-0.2, 0) is 6.54 Å². The van der Waals surface area contributed by atoms with Crippen LogP contribution in [0.5, 0.6) is 0 Å². The highest BCUT2D eigenvalue weighted by molar-refractivity contribution is 9.09. The monoisotopic (exact) mass is 331 g/mol. The minimum Gasteiger partial charge on any atom is -0.248 e. The van der Waals surface area contributed by atoms with Gasteiger partial charge in [-0.25, -0.2) is 9.36 Å². The summed E-state index contributed by atoms with van der Waals surface area (Å²) in [7, 11) is 0. The summed E-state index contributed by atoms with van der Waals surface area (Å²) in [5.74, 6) is 0. The van der Waals surface area contributed by atoms with Gasteiger partial charge in [-0.1, -0.05) is 33.3 Å². The van der Waals surface area contributed by atoms with Crippen LogP contribution in [0.2, 0.25) is 0 Å². The molecule has 0 radical (unpaired) electrons. The van der Waals surface area contributed by atoms with E-state index in [1.54, 1.807) is 6.20 Å². The zero-order valence-electron chi connectivity index (χ0n) is 11.0. The van der Waals surface area contributed by atoms with Crippen LogP contribution in [-0.4, -0.2) is 24.8 Å². The van der Waals surface area contributed by atoms with Gasteiger partial charge in [0.1, 0.15) is 0 Å². The average molecular weight is 332 g/mol. The number of hydrogen-bond donors (Lipinski definition) is 0. The molecule has 0 saturated carbocycles. The number of benzene rings is 1. The second kappa shape index (κ2) is 5.58. The van der Waals surface area contributed by atoms with Crippen LogP contribution < -0.4 is 0 Å². The molecule has 0 aliphatic carbocycles. The largest absolute Gasteiger partial charge is 0.248 e. The van der Waals surface area contributed by atoms with E-state index in [1.165, 1.54) is 5.56 Å². The van der Waals surface area contributed by atoms with Gasteiger partial charge in [0.05, 0.1) is 22.8 Å². The summed E-state index contributed by atoms with van der Waals surface area (Å²) in [4.78, 5) is 0.221. The molecule has 0 fully saturated rings. The molecule has 0 aliphatic heterocycles. The molecule has 0 bridgehead atoms. The molecule has 3 aromatic rings. The Balaban J connectivity index is 1.74. The average Bonchev–Trinajstić information content (AvgIpc) is 3.10. The van der Waals surface area contributed by atoms with E-state index < -0.39 is 0 Å². The maximum Gasteiger partial charge on any atom is 0.0960 e. The van der Waals surface area contributed by atoms with Crippen LogP contribution in [0.15, 0.2) is 48.9 Å². The van der Waals surface area contributed by atoms with E-state index in [2.05, 4.69) is 43.5 Å². The number of hydrogen-bond acceptors (Lipinski definition) is 3. The van der Waals surface area contributed by atoms with Crippen molar-refractivity contribution in [3.05, 3.63) is 60.2 Å². The van der Waals surface area contributed by atoms with Crippen LogP contribution in [0.4, 0.5) is 0 Å². The molecule has 1 atom stereocenters. The molecule has 2 heterocycles. The van der Waals surface area contributed by atoms with E-state index >= 15 is 0 Å². The van der Waals surface area contributed by atoms with E-state index in [1.807, 2.05) is 46.9 Å². The number of alkyl halides is 1. The normalized spacial score (nSPS) is 12.5. The number of aromatic nitrogens is 5. The highest BCUT2D eigenvalue weighted by atomic mass is 79.9. The number of halogens is 1. The maximum atomic E-state index is 4.21. The van der Waals surface area contributed by atoms with Crippen molar-refractivity contribution in [2.45, 2.75) is 18.3 Å². The third kappa shape index (κ3) is 2.80. The van der Waals surface area contributed by atoms with Crippen LogP contribution in [0.25, 0.3) is 5.69 Å². The third-order valence-electron chi connectivity index (χ3n) is 3.01. The Hall–Kier alpha value is -1.95. The molecule has 0 aliphatic rings. The van der Waals surface area contributed by atoms with E-state index in [-0.39, 0.29) is 4.83 Å². The third-order valence-corrected chi connectivity index (χ3v) is 3.48. The van der Waals surface area contributed by atoms with Gasteiger partial charge in [0.2, 0.25) is 0 Å².